The number of rotatable bonds is 4. The first-order valence-electron chi connectivity index (χ1n) is 6.60. The molecule has 0 saturated heterocycles. The molecule has 0 fully saturated rings. The highest BCUT2D eigenvalue weighted by atomic mass is 16.5. The molecule has 0 atom stereocenters. The van der Waals surface area contributed by atoms with Crippen LogP contribution in [0.15, 0.2) is 79.1 Å². The van der Waals surface area contributed by atoms with Gasteiger partial charge in [-0.05, 0) is 36.4 Å². The van der Waals surface area contributed by atoms with Gasteiger partial charge >= 0.3 is 0 Å². The summed E-state index contributed by atoms with van der Waals surface area (Å²) in [6.45, 7) is 0. The van der Waals surface area contributed by atoms with Gasteiger partial charge in [-0.2, -0.15) is 0 Å². The van der Waals surface area contributed by atoms with Crippen molar-refractivity contribution in [1.29, 1.82) is 0 Å². The fourth-order valence-corrected chi connectivity index (χ4v) is 1.97. The third-order valence-corrected chi connectivity index (χ3v) is 3.04. The lowest BCUT2D eigenvalue weighted by Crippen LogP contribution is -2.00. The molecule has 21 heavy (non-hydrogen) atoms. The minimum Gasteiger partial charge on any atom is -0.457 e. The summed E-state index contributed by atoms with van der Waals surface area (Å²) in [6, 6.07) is 19.9. The van der Waals surface area contributed by atoms with Gasteiger partial charge in [0.25, 0.3) is 0 Å². The minimum atomic E-state index is 0.00561. The highest BCUT2D eigenvalue weighted by Gasteiger charge is 2.08. The van der Waals surface area contributed by atoms with Crippen LogP contribution in [-0.4, -0.2) is 10.8 Å². The van der Waals surface area contributed by atoms with Crippen LogP contribution in [0.5, 0.6) is 11.5 Å². The number of aromatic nitrogens is 1. The van der Waals surface area contributed by atoms with Crippen LogP contribution in [0.3, 0.4) is 0 Å². The molecule has 2 aromatic carbocycles. The Morgan fingerprint density at radius 1 is 0.714 bits per heavy atom. The van der Waals surface area contributed by atoms with Crippen molar-refractivity contribution >= 4 is 5.78 Å². The zero-order valence-electron chi connectivity index (χ0n) is 11.3. The quantitative estimate of drug-likeness (QED) is 0.673. The van der Waals surface area contributed by atoms with Crippen molar-refractivity contribution in [3.8, 4) is 11.5 Å². The molecule has 3 nitrogen and oxygen atoms in total. The van der Waals surface area contributed by atoms with E-state index in [1.807, 2.05) is 30.3 Å². The molecule has 3 heteroatoms. The Balaban J connectivity index is 1.77. The van der Waals surface area contributed by atoms with E-state index < -0.39 is 0 Å². The predicted molar refractivity (Wildman–Crippen MR) is 80.6 cm³/mol. The molecule has 1 heterocycles. The lowest BCUT2D eigenvalue weighted by Gasteiger charge is -2.06. The van der Waals surface area contributed by atoms with Crippen LogP contribution in [0.4, 0.5) is 0 Å². The van der Waals surface area contributed by atoms with E-state index in [2.05, 4.69) is 4.98 Å². The van der Waals surface area contributed by atoms with E-state index in [1.54, 1.807) is 48.8 Å². The van der Waals surface area contributed by atoms with Crippen molar-refractivity contribution in [1.82, 2.24) is 4.98 Å². The van der Waals surface area contributed by atoms with Crippen molar-refractivity contribution in [2.45, 2.75) is 0 Å². The number of carbonyl (C=O) groups excluding carboxylic acids is 1. The van der Waals surface area contributed by atoms with E-state index in [9.17, 15) is 4.79 Å². The van der Waals surface area contributed by atoms with Gasteiger partial charge in [-0.1, -0.05) is 30.3 Å². The van der Waals surface area contributed by atoms with Crippen molar-refractivity contribution < 1.29 is 9.53 Å². The molecule has 1 aromatic heterocycles. The predicted octanol–water partition coefficient (Wildman–Crippen LogP) is 4.10. The Labute approximate surface area is 122 Å². The molecule has 0 unspecified atom stereocenters. The zero-order chi connectivity index (χ0) is 14.5. The summed E-state index contributed by atoms with van der Waals surface area (Å²) in [6.07, 6.45) is 3.34. The monoisotopic (exact) mass is 275 g/mol. The molecule has 102 valence electrons. The number of carbonyl (C=O) groups is 1. The van der Waals surface area contributed by atoms with Crippen LogP contribution in [0.1, 0.15) is 15.9 Å². The van der Waals surface area contributed by atoms with Gasteiger partial charge in [0, 0.05) is 23.5 Å². The Morgan fingerprint density at radius 3 is 1.95 bits per heavy atom. The first kappa shape index (κ1) is 13.1. The van der Waals surface area contributed by atoms with Crippen molar-refractivity contribution in [2.24, 2.45) is 0 Å². The SMILES string of the molecule is O=C(c1ccccc1)c1ccc(Oc2ccncc2)cc1. The molecule has 0 bridgehead atoms. The number of ketones is 1. The third-order valence-electron chi connectivity index (χ3n) is 3.04. The fraction of sp³-hybridized carbons (Fsp3) is 0. The Bertz CT molecular complexity index is 722. The van der Waals surface area contributed by atoms with Gasteiger partial charge in [0.1, 0.15) is 11.5 Å². The molecular formula is C18H13NO2. The second-order valence-corrected chi connectivity index (χ2v) is 4.50. The van der Waals surface area contributed by atoms with E-state index in [-0.39, 0.29) is 5.78 Å². The summed E-state index contributed by atoms with van der Waals surface area (Å²) in [5, 5.41) is 0. The van der Waals surface area contributed by atoms with E-state index in [1.165, 1.54) is 0 Å². The fourth-order valence-electron chi connectivity index (χ4n) is 1.97. The maximum Gasteiger partial charge on any atom is 0.193 e. The first-order valence-corrected chi connectivity index (χ1v) is 6.60. The van der Waals surface area contributed by atoms with Gasteiger partial charge in [-0.25, -0.2) is 0 Å². The van der Waals surface area contributed by atoms with Crippen molar-refractivity contribution in [2.75, 3.05) is 0 Å². The molecule has 3 aromatic rings. The van der Waals surface area contributed by atoms with Gasteiger partial charge < -0.3 is 4.74 Å². The number of pyridine rings is 1. The van der Waals surface area contributed by atoms with Crippen molar-refractivity contribution in [3.63, 3.8) is 0 Å². The van der Waals surface area contributed by atoms with E-state index in [0.717, 1.165) is 0 Å². The molecule has 3 rings (SSSR count). The highest BCUT2D eigenvalue weighted by Crippen LogP contribution is 2.21. The number of hydrogen-bond acceptors (Lipinski definition) is 3. The number of ether oxygens (including phenoxy) is 1. The van der Waals surface area contributed by atoms with Crippen LogP contribution in [0, 0.1) is 0 Å². The molecule has 0 amide bonds. The largest absolute Gasteiger partial charge is 0.457 e. The molecule has 0 N–H and O–H groups in total. The second-order valence-electron chi connectivity index (χ2n) is 4.50. The van der Waals surface area contributed by atoms with Crippen molar-refractivity contribution in [3.05, 3.63) is 90.3 Å². The highest BCUT2D eigenvalue weighted by molar-refractivity contribution is 6.08. The third kappa shape index (κ3) is 3.15. The molecule has 0 aliphatic carbocycles. The van der Waals surface area contributed by atoms with Gasteiger partial charge in [-0.15, -0.1) is 0 Å². The van der Waals surface area contributed by atoms with Gasteiger partial charge in [0.15, 0.2) is 5.78 Å². The number of benzene rings is 2. The van der Waals surface area contributed by atoms with Crippen LogP contribution in [0.25, 0.3) is 0 Å². The maximum atomic E-state index is 12.3. The topological polar surface area (TPSA) is 39.2 Å². The van der Waals surface area contributed by atoms with E-state index in [0.29, 0.717) is 22.6 Å². The number of hydrogen-bond donors (Lipinski definition) is 0. The molecule has 0 aliphatic rings. The Morgan fingerprint density at radius 2 is 1.29 bits per heavy atom. The maximum absolute atomic E-state index is 12.3. The lowest BCUT2D eigenvalue weighted by molar-refractivity contribution is 0.103. The molecule has 0 spiro atoms. The standard InChI is InChI=1S/C18H13NO2/c20-18(14-4-2-1-3-5-14)15-6-8-16(9-7-15)21-17-10-12-19-13-11-17/h1-13H. The summed E-state index contributed by atoms with van der Waals surface area (Å²) in [4.78, 5) is 16.2. The average Bonchev–Trinajstić information content (AvgIpc) is 2.57. The van der Waals surface area contributed by atoms with E-state index in [4.69, 9.17) is 4.74 Å². The molecular weight excluding hydrogens is 262 g/mol. The van der Waals surface area contributed by atoms with Crippen LogP contribution in [-0.2, 0) is 0 Å². The zero-order valence-corrected chi connectivity index (χ0v) is 11.3. The number of nitrogens with zero attached hydrogens (tertiary/aromatic N) is 1. The van der Waals surface area contributed by atoms with Gasteiger partial charge in [-0.3, -0.25) is 9.78 Å². The lowest BCUT2D eigenvalue weighted by atomic mass is 10.0. The smallest absolute Gasteiger partial charge is 0.193 e. The summed E-state index contributed by atoms with van der Waals surface area (Å²) < 4.78 is 5.67. The van der Waals surface area contributed by atoms with Crippen LogP contribution < -0.4 is 4.74 Å². The summed E-state index contributed by atoms with van der Waals surface area (Å²) in [5.74, 6) is 1.41. The molecule has 0 aliphatic heterocycles. The normalized spacial score (nSPS) is 10.1. The summed E-state index contributed by atoms with van der Waals surface area (Å²) in [5.41, 5.74) is 1.32. The molecule has 0 radical (unpaired) electrons. The Hall–Kier alpha value is -2.94. The van der Waals surface area contributed by atoms with E-state index >= 15 is 0 Å². The second kappa shape index (κ2) is 6.01. The average molecular weight is 275 g/mol. The Kier molecular flexibility index (Phi) is 3.74. The molecule has 0 saturated carbocycles. The summed E-state index contributed by atoms with van der Waals surface area (Å²) in [7, 11) is 0. The van der Waals surface area contributed by atoms with Gasteiger partial charge in [0.05, 0.1) is 0 Å². The minimum absolute atomic E-state index is 0.00561. The van der Waals surface area contributed by atoms with Crippen LogP contribution in [0.2, 0.25) is 0 Å². The first-order chi connectivity index (χ1) is 10.3. The van der Waals surface area contributed by atoms with Gasteiger partial charge in [0.2, 0.25) is 0 Å². The van der Waals surface area contributed by atoms with Crippen LogP contribution >= 0.6 is 0 Å². The summed E-state index contributed by atoms with van der Waals surface area (Å²) >= 11 is 0.